The van der Waals surface area contributed by atoms with Crippen molar-refractivity contribution in [2.24, 2.45) is 0 Å². The maximum absolute atomic E-state index is 9.87. The topological polar surface area (TPSA) is 51.6 Å². The fourth-order valence-corrected chi connectivity index (χ4v) is 1.89. The number of thiazole rings is 1. The molecule has 0 aliphatic heterocycles. The molecule has 1 atom stereocenters. The van der Waals surface area contributed by atoms with Gasteiger partial charge >= 0.3 is 0 Å². The molecule has 0 saturated carbocycles. The molecule has 86 valence electrons. The van der Waals surface area contributed by atoms with E-state index >= 15 is 0 Å². The van der Waals surface area contributed by atoms with Gasteiger partial charge in [-0.1, -0.05) is 0 Å². The summed E-state index contributed by atoms with van der Waals surface area (Å²) >= 11 is 1.52. The van der Waals surface area contributed by atoms with E-state index in [1.54, 1.807) is 11.7 Å². The highest BCUT2D eigenvalue weighted by Gasteiger charge is 2.20. The van der Waals surface area contributed by atoms with Gasteiger partial charge in [-0.05, 0) is 13.8 Å². The normalized spacial score (nSPS) is 13.3. The lowest BCUT2D eigenvalue weighted by atomic mass is 10.2. The van der Waals surface area contributed by atoms with Crippen molar-refractivity contribution >= 4 is 11.3 Å². The maximum atomic E-state index is 9.87. The van der Waals surface area contributed by atoms with Crippen molar-refractivity contribution < 1.29 is 14.6 Å². The van der Waals surface area contributed by atoms with E-state index in [-0.39, 0.29) is 0 Å². The fourth-order valence-electron chi connectivity index (χ4n) is 1.24. The predicted octanol–water partition coefficient (Wildman–Crippen LogP) is 1.45. The third-order valence-electron chi connectivity index (χ3n) is 1.87. The summed E-state index contributed by atoms with van der Waals surface area (Å²) < 4.78 is 10.6. The summed E-state index contributed by atoms with van der Waals surface area (Å²) in [5.74, 6) is 0. The van der Waals surface area contributed by atoms with Gasteiger partial charge < -0.3 is 14.6 Å². The van der Waals surface area contributed by atoms with Crippen LogP contribution in [0.3, 0.4) is 0 Å². The summed E-state index contributed by atoms with van der Waals surface area (Å²) in [6.45, 7) is 4.83. The Morgan fingerprint density at radius 1 is 1.40 bits per heavy atom. The van der Waals surface area contributed by atoms with Gasteiger partial charge in [-0.15, -0.1) is 11.3 Å². The monoisotopic (exact) mass is 231 g/mol. The summed E-state index contributed by atoms with van der Waals surface area (Å²) in [4.78, 5) is 4.99. The van der Waals surface area contributed by atoms with E-state index in [2.05, 4.69) is 4.98 Å². The van der Waals surface area contributed by atoms with Crippen LogP contribution in [-0.2, 0) is 15.9 Å². The third kappa shape index (κ3) is 4.25. The molecule has 1 rings (SSSR count). The second-order valence-corrected chi connectivity index (χ2v) is 3.99. The Hall–Kier alpha value is -0.490. The van der Waals surface area contributed by atoms with Crippen LogP contribution in [0.15, 0.2) is 11.7 Å². The van der Waals surface area contributed by atoms with Gasteiger partial charge in [0.25, 0.3) is 0 Å². The summed E-state index contributed by atoms with van der Waals surface area (Å²) in [5.41, 5.74) is 1.75. The minimum atomic E-state index is -0.634. The lowest BCUT2D eigenvalue weighted by Gasteiger charge is -2.21. The molecule has 0 spiro atoms. The zero-order chi connectivity index (χ0) is 11.1. The molecule has 1 unspecified atom stereocenters. The number of aliphatic hydroxyl groups is 1. The van der Waals surface area contributed by atoms with Gasteiger partial charge in [0.15, 0.2) is 6.29 Å². The first-order chi connectivity index (χ1) is 7.27. The Labute approximate surface area is 93.9 Å². The molecular formula is C10H17NO3S. The van der Waals surface area contributed by atoms with E-state index in [0.717, 1.165) is 4.88 Å². The van der Waals surface area contributed by atoms with Crippen LogP contribution < -0.4 is 0 Å². The Morgan fingerprint density at radius 2 is 2.07 bits per heavy atom. The molecule has 1 heterocycles. The van der Waals surface area contributed by atoms with Crippen molar-refractivity contribution in [3.05, 3.63) is 16.6 Å². The van der Waals surface area contributed by atoms with E-state index in [4.69, 9.17) is 9.47 Å². The summed E-state index contributed by atoms with van der Waals surface area (Å²) in [6.07, 6.45) is 1.10. The molecule has 1 aromatic rings. The molecule has 0 aromatic carbocycles. The number of ether oxygens (including phenoxy) is 2. The van der Waals surface area contributed by atoms with Crippen molar-refractivity contribution in [2.75, 3.05) is 13.2 Å². The lowest BCUT2D eigenvalue weighted by Crippen LogP contribution is -2.33. The number of rotatable bonds is 7. The number of aliphatic hydroxyl groups excluding tert-OH is 1. The van der Waals surface area contributed by atoms with Crippen LogP contribution in [0.2, 0.25) is 0 Å². The van der Waals surface area contributed by atoms with Crippen LogP contribution in [0.4, 0.5) is 0 Å². The first kappa shape index (κ1) is 12.6. The van der Waals surface area contributed by atoms with Crippen LogP contribution >= 0.6 is 11.3 Å². The SMILES string of the molecule is CCOC(OCC)C(O)Cc1cncs1. The second-order valence-electron chi connectivity index (χ2n) is 3.02. The van der Waals surface area contributed by atoms with Gasteiger partial charge in [0.1, 0.15) is 6.10 Å². The van der Waals surface area contributed by atoms with Crippen molar-refractivity contribution in [1.82, 2.24) is 4.98 Å². The largest absolute Gasteiger partial charge is 0.387 e. The quantitative estimate of drug-likeness (QED) is 0.722. The Balaban J connectivity index is 2.44. The minimum absolute atomic E-state index is 0.523. The van der Waals surface area contributed by atoms with Crippen molar-refractivity contribution in [3.8, 4) is 0 Å². The molecule has 0 aliphatic rings. The molecular weight excluding hydrogens is 214 g/mol. The number of hydrogen-bond donors (Lipinski definition) is 1. The van der Waals surface area contributed by atoms with Crippen LogP contribution in [0.1, 0.15) is 18.7 Å². The zero-order valence-corrected chi connectivity index (χ0v) is 9.87. The molecule has 0 radical (unpaired) electrons. The first-order valence-electron chi connectivity index (χ1n) is 5.06. The minimum Gasteiger partial charge on any atom is -0.387 e. The van der Waals surface area contributed by atoms with Crippen LogP contribution in [0, 0.1) is 0 Å². The van der Waals surface area contributed by atoms with E-state index in [0.29, 0.717) is 19.6 Å². The van der Waals surface area contributed by atoms with Crippen LogP contribution in [0.5, 0.6) is 0 Å². The average Bonchev–Trinajstić information content (AvgIpc) is 2.70. The summed E-state index contributed by atoms with van der Waals surface area (Å²) in [7, 11) is 0. The maximum Gasteiger partial charge on any atom is 0.183 e. The number of aromatic nitrogens is 1. The number of nitrogens with zero attached hydrogens (tertiary/aromatic N) is 1. The predicted molar refractivity (Wildman–Crippen MR) is 58.9 cm³/mol. The summed E-state index contributed by atoms with van der Waals surface area (Å²) in [6, 6.07) is 0. The fraction of sp³-hybridized carbons (Fsp3) is 0.700. The smallest absolute Gasteiger partial charge is 0.183 e. The highest BCUT2D eigenvalue weighted by atomic mass is 32.1. The van der Waals surface area contributed by atoms with Crippen molar-refractivity contribution in [1.29, 1.82) is 0 Å². The third-order valence-corrected chi connectivity index (χ3v) is 2.67. The average molecular weight is 231 g/mol. The molecule has 0 aliphatic carbocycles. The number of hydrogen-bond acceptors (Lipinski definition) is 5. The second kappa shape index (κ2) is 6.90. The lowest BCUT2D eigenvalue weighted by molar-refractivity contribution is -0.188. The summed E-state index contributed by atoms with van der Waals surface area (Å²) in [5, 5.41) is 9.87. The van der Waals surface area contributed by atoms with Crippen LogP contribution in [0.25, 0.3) is 0 Å². The highest BCUT2D eigenvalue weighted by molar-refractivity contribution is 7.09. The highest BCUT2D eigenvalue weighted by Crippen LogP contribution is 2.13. The standard InChI is InChI=1S/C10H17NO3S/c1-3-13-10(14-4-2)9(12)5-8-6-11-7-15-8/h6-7,9-10,12H,3-5H2,1-2H3. The molecule has 0 bridgehead atoms. The first-order valence-corrected chi connectivity index (χ1v) is 5.94. The molecule has 0 saturated heterocycles. The van der Waals surface area contributed by atoms with Gasteiger partial charge in [-0.2, -0.15) is 0 Å². The van der Waals surface area contributed by atoms with Gasteiger partial charge in [-0.25, -0.2) is 0 Å². The molecule has 0 fully saturated rings. The van der Waals surface area contributed by atoms with Gasteiger partial charge in [0.2, 0.25) is 0 Å². The zero-order valence-electron chi connectivity index (χ0n) is 9.05. The Kier molecular flexibility index (Phi) is 5.78. The van der Waals surface area contributed by atoms with Gasteiger partial charge in [0.05, 0.1) is 5.51 Å². The molecule has 0 amide bonds. The van der Waals surface area contributed by atoms with Crippen molar-refractivity contribution in [3.63, 3.8) is 0 Å². The Bertz CT molecular complexity index is 247. The molecule has 15 heavy (non-hydrogen) atoms. The van der Waals surface area contributed by atoms with E-state index in [1.165, 1.54) is 11.3 Å². The van der Waals surface area contributed by atoms with E-state index in [1.807, 2.05) is 13.8 Å². The Morgan fingerprint density at radius 3 is 2.53 bits per heavy atom. The molecule has 4 nitrogen and oxygen atoms in total. The molecule has 1 N–H and O–H groups in total. The van der Waals surface area contributed by atoms with E-state index < -0.39 is 12.4 Å². The van der Waals surface area contributed by atoms with Crippen LogP contribution in [-0.4, -0.2) is 35.7 Å². The van der Waals surface area contributed by atoms with Gasteiger partial charge in [-0.3, -0.25) is 4.98 Å². The van der Waals surface area contributed by atoms with E-state index in [9.17, 15) is 5.11 Å². The van der Waals surface area contributed by atoms with Crippen molar-refractivity contribution in [2.45, 2.75) is 32.7 Å². The molecule has 5 heteroatoms. The molecule has 1 aromatic heterocycles. The van der Waals surface area contributed by atoms with Gasteiger partial charge in [0, 0.05) is 30.7 Å².